The van der Waals surface area contributed by atoms with Gasteiger partial charge in [0.25, 0.3) is 0 Å². The van der Waals surface area contributed by atoms with Crippen molar-refractivity contribution in [1.82, 2.24) is 14.7 Å². The van der Waals surface area contributed by atoms with Gasteiger partial charge >= 0.3 is 0 Å². The zero-order valence-electron chi connectivity index (χ0n) is 12.0. The maximum absolute atomic E-state index is 6.13. The third kappa shape index (κ3) is 2.01. The molecule has 3 nitrogen and oxygen atoms in total. The van der Waals surface area contributed by atoms with E-state index in [0.29, 0.717) is 0 Å². The molecule has 0 radical (unpaired) electrons. The number of nitrogens with one attached hydrogen (secondary N) is 1. The number of aryl methyl sites for hydroxylation is 2. The lowest BCUT2D eigenvalue weighted by Gasteiger charge is -2.13. The number of imidazole rings is 1. The molecule has 5 heteroatoms. The van der Waals surface area contributed by atoms with E-state index in [1.807, 2.05) is 13.0 Å². The fourth-order valence-electron chi connectivity index (χ4n) is 3.02. The SMILES string of the molecule is Cc1cc(-c2nc3sc4c(n3c2C)CCNC4)ccc1Cl. The standard InChI is InChI=1S/C16H16ClN3S/c1-9-7-11(3-4-12(9)17)15-10(2)20-13-5-6-18-8-14(13)21-16(20)19-15/h3-4,7,18H,5-6,8H2,1-2H3. The summed E-state index contributed by atoms with van der Waals surface area (Å²) in [6, 6.07) is 6.14. The lowest BCUT2D eigenvalue weighted by Crippen LogP contribution is -2.23. The lowest BCUT2D eigenvalue weighted by molar-refractivity contribution is 0.636. The van der Waals surface area contributed by atoms with Gasteiger partial charge in [0.1, 0.15) is 0 Å². The van der Waals surface area contributed by atoms with Gasteiger partial charge in [-0.1, -0.05) is 29.0 Å². The van der Waals surface area contributed by atoms with Crippen LogP contribution in [0.25, 0.3) is 16.2 Å². The Balaban J connectivity index is 1.92. The number of thiazole rings is 1. The number of rotatable bonds is 1. The number of nitrogens with zero attached hydrogens (tertiary/aromatic N) is 2. The van der Waals surface area contributed by atoms with E-state index >= 15 is 0 Å². The molecular weight excluding hydrogens is 302 g/mol. The summed E-state index contributed by atoms with van der Waals surface area (Å²) in [5, 5.41) is 4.23. The molecule has 0 atom stereocenters. The van der Waals surface area contributed by atoms with E-state index in [1.54, 1.807) is 11.3 Å². The molecule has 108 valence electrons. The second-order valence-corrected chi connectivity index (χ2v) is 7.00. The Hall–Kier alpha value is -1.36. The van der Waals surface area contributed by atoms with Crippen LogP contribution in [0.4, 0.5) is 0 Å². The van der Waals surface area contributed by atoms with Gasteiger partial charge in [-0.15, -0.1) is 0 Å². The van der Waals surface area contributed by atoms with Crippen LogP contribution in [0.1, 0.15) is 21.8 Å². The molecule has 0 saturated carbocycles. The van der Waals surface area contributed by atoms with Crippen LogP contribution < -0.4 is 5.32 Å². The second kappa shape index (κ2) is 4.83. The molecule has 0 fully saturated rings. The molecule has 0 spiro atoms. The minimum atomic E-state index is 0.806. The van der Waals surface area contributed by atoms with Crippen LogP contribution in [0.2, 0.25) is 5.02 Å². The van der Waals surface area contributed by atoms with Crippen molar-refractivity contribution in [1.29, 1.82) is 0 Å². The quantitative estimate of drug-likeness (QED) is 0.735. The third-order valence-electron chi connectivity index (χ3n) is 4.14. The third-order valence-corrected chi connectivity index (χ3v) is 5.65. The van der Waals surface area contributed by atoms with E-state index in [2.05, 4.69) is 28.8 Å². The summed E-state index contributed by atoms with van der Waals surface area (Å²) < 4.78 is 2.33. The summed E-state index contributed by atoms with van der Waals surface area (Å²) in [7, 11) is 0. The molecule has 0 aliphatic carbocycles. The Morgan fingerprint density at radius 3 is 3.00 bits per heavy atom. The van der Waals surface area contributed by atoms with Crippen molar-refractivity contribution in [2.45, 2.75) is 26.8 Å². The first-order chi connectivity index (χ1) is 10.1. The van der Waals surface area contributed by atoms with Crippen LogP contribution in [0, 0.1) is 13.8 Å². The smallest absolute Gasteiger partial charge is 0.194 e. The van der Waals surface area contributed by atoms with Gasteiger partial charge in [-0.3, -0.25) is 4.40 Å². The predicted molar refractivity (Wildman–Crippen MR) is 88.4 cm³/mol. The van der Waals surface area contributed by atoms with Gasteiger partial charge in [0, 0.05) is 46.4 Å². The molecular formula is C16H16ClN3S. The maximum atomic E-state index is 6.13. The van der Waals surface area contributed by atoms with Crippen LogP contribution in [-0.2, 0) is 13.0 Å². The Labute approximate surface area is 132 Å². The zero-order chi connectivity index (χ0) is 14.6. The minimum Gasteiger partial charge on any atom is -0.311 e. The molecule has 1 N–H and O–H groups in total. The first-order valence-corrected chi connectivity index (χ1v) is 8.31. The zero-order valence-corrected chi connectivity index (χ0v) is 13.6. The van der Waals surface area contributed by atoms with Gasteiger partial charge in [-0.2, -0.15) is 0 Å². The van der Waals surface area contributed by atoms with Crippen molar-refractivity contribution in [3.63, 3.8) is 0 Å². The number of hydrogen-bond donors (Lipinski definition) is 1. The topological polar surface area (TPSA) is 29.3 Å². The number of hydrogen-bond acceptors (Lipinski definition) is 3. The predicted octanol–water partition coefficient (Wildman–Crippen LogP) is 3.98. The van der Waals surface area contributed by atoms with Gasteiger partial charge in [-0.25, -0.2) is 4.98 Å². The molecule has 0 saturated heterocycles. The molecule has 4 rings (SSSR count). The van der Waals surface area contributed by atoms with Crippen molar-refractivity contribution in [3.05, 3.63) is 45.1 Å². The highest BCUT2D eigenvalue weighted by molar-refractivity contribution is 7.17. The summed E-state index contributed by atoms with van der Waals surface area (Å²) in [5.41, 5.74) is 5.97. The maximum Gasteiger partial charge on any atom is 0.194 e. The molecule has 0 amide bonds. The van der Waals surface area contributed by atoms with Gasteiger partial charge in [-0.05, 0) is 31.5 Å². The number of halogens is 1. The van der Waals surface area contributed by atoms with E-state index in [9.17, 15) is 0 Å². The molecule has 2 aromatic heterocycles. The average Bonchev–Trinajstić information content (AvgIpc) is 2.99. The van der Waals surface area contributed by atoms with Crippen molar-refractivity contribution >= 4 is 27.9 Å². The van der Waals surface area contributed by atoms with E-state index in [-0.39, 0.29) is 0 Å². The van der Waals surface area contributed by atoms with Crippen LogP contribution in [0.3, 0.4) is 0 Å². The Bertz CT molecular complexity index is 847. The summed E-state index contributed by atoms with van der Waals surface area (Å²) in [5.74, 6) is 0. The molecule has 1 aliphatic rings. The molecule has 1 aromatic carbocycles. The van der Waals surface area contributed by atoms with Crippen molar-refractivity contribution in [3.8, 4) is 11.3 Å². The molecule has 21 heavy (non-hydrogen) atoms. The fraction of sp³-hybridized carbons (Fsp3) is 0.312. The van der Waals surface area contributed by atoms with Crippen LogP contribution in [0.15, 0.2) is 18.2 Å². The highest BCUT2D eigenvalue weighted by Gasteiger charge is 2.21. The van der Waals surface area contributed by atoms with Gasteiger partial charge in [0.15, 0.2) is 4.96 Å². The van der Waals surface area contributed by atoms with Crippen LogP contribution in [-0.4, -0.2) is 15.9 Å². The first-order valence-electron chi connectivity index (χ1n) is 7.12. The largest absolute Gasteiger partial charge is 0.311 e. The second-order valence-electron chi connectivity index (χ2n) is 5.53. The van der Waals surface area contributed by atoms with E-state index in [1.165, 1.54) is 16.3 Å². The summed E-state index contributed by atoms with van der Waals surface area (Å²) in [6.07, 6.45) is 1.08. The highest BCUT2D eigenvalue weighted by atomic mass is 35.5. The first kappa shape index (κ1) is 13.3. The number of fused-ring (bicyclic) bond motifs is 3. The van der Waals surface area contributed by atoms with Crippen molar-refractivity contribution < 1.29 is 0 Å². The number of benzene rings is 1. The summed E-state index contributed by atoms with van der Waals surface area (Å²) in [4.78, 5) is 7.39. The van der Waals surface area contributed by atoms with Gasteiger partial charge in [0.05, 0.1) is 5.69 Å². The van der Waals surface area contributed by atoms with Crippen molar-refractivity contribution in [2.24, 2.45) is 0 Å². The normalized spacial score (nSPS) is 14.6. The molecule has 1 aliphatic heterocycles. The average molecular weight is 318 g/mol. The van der Waals surface area contributed by atoms with E-state index in [4.69, 9.17) is 16.6 Å². The monoisotopic (exact) mass is 317 g/mol. The van der Waals surface area contributed by atoms with Gasteiger partial charge < -0.3 is 5.32 Å². The van der Waals surface area contributed by atoms with E-state index in [0.717, 1.165) is 46.3 Å². The molecule has 3 aromatic rings. The fourth-order valence-corrected chi connectivity index (χ4v) is 4.32. The van der Waals surface area contributed by atoms with Crippen LogP contribution >= 0.6 is 22.9 Å². The lowest BCUT2D eigenvalue weighted by atomic mass is 10.1. The number of aromatic nitrogens is 2. The summed E-state index contributed by atoms with van der Waals surface area (Å²) in [6.45, 7) is 6.21. The Morgan fingerprint density at radius 2 is 2.19 bits per heavy atom. The minimum absolute atomic E-state index is 0.806. The Kier molecular flexibility index (Phi) is 3.06. The van der Waals surface area contributed by atoms with Crippen molar-refractivity contribution in [2.75, 3.05) is 6.54 Å². The molecule has 0 bridgehead atoms. The van der Waals surface area contributed by atoms with Gasteiger partial charge in [0.2, 0.25) is 0 Å². The molecule has 3 heterocycles. The van der Waals surface area contributed by atoms with Crippen LogP contribution in [0.5, 0.6) is 0 Å². The molecule has 0 unspecified atom stereocenters. The van der Waals surface area contributed by atoms with E-state index < -0.39 is 0 Å². The highest BCUT2D eigenvalue weighted by Crippen LogP contribution is 2.33. The summed E-state index contributed by atoms with van der Waals surface area (Å²) >= 11 is 7.93. The Morgan fingerprint density at radius 1 is 1.33 bits per heavy atom.